The smallest absolute Gasteiger partial charge is 0.352 e. The zero-order chi connectivity index (χ0) is 29.7. The van der Waals surface area contributed by atoms with Gasteiger partial charge >= 0.3 is 6.18 Å². The molecule has 0 bridgehead atoms. The molecule has 40 heavy (non-hydrogen) atoms. The van der Waals surface area contributed by atoms with Crippen LogP contribution < -0.4 is 9.62 Å². The van der Waals surface area contributed by atoms with Crippen LogP contribution in [-0.4, -0.2) is 43.8 Å². The summed E-state index contributed by atoms with van der Waals surface area (Å²) in [6.07, 6.45) is -4.73. The Morgan fingerprint density at radius 1 is 0.900 bits per heavy atom. The lowest BCUT2D eigenvalue weighted by atomic mass is 10.1. The van der Waals surface area contributed by atoms with Crippen LogP contribution in [-0.2, 0) is 32.3 Å². The number of aryl methyl sites for hydroxylation is 1. The van der Waals surface area contributed by atoms with E-state index in [4.69, 9.17) is 0 Å². The summed E-state index contributed by atoms with van der Waals surface area (Å²) in [7, 11) is -4.47. The molecule has 0 aliphatic carbocycles. The van der Waals surface area contributed by atoms with Crippen LogP contribution in [0.1, 0.15) is 37.5 Å². The predicted octanol–water partition coefficient (Wildman–Crippen LogP) is 5.15. The van der Waals surface area contributed by atoms with Gasteiger partial charge in [-0.05, 0) is 69.2 Å². The first-order chi connectivity index (χ1) is 18.7. The van der Waals surface area contributed by atoms with Gasteiger partial charge in [0.05, 0.1) is 16.1 Å². The maximum Gasteiger partial charge on any atom is 0.416 e. The highest BCUT2D eigenvalue weighted by Gasteiger charge is 2.35. The van der Waals surface area contributed by atoms with Gasteiger partial charge in [-0.2, -0.15) is 13.2 Å². The molecule has 3 aromatic carbocycles. The van der Waals surface area contributed by atoms with Crippen LogP contribution in [0.5, 0.6) is 0 Å². The summed E-state index contributed by atoms with van der Waals surface area (Å²) in [5, 5.41) is 2.75. The molecule has 0 fully saturated rings. The van der Waals surface area contributed by atoms with E-state index in [1.807, 2.05) is 19.1 Å². The molecule has 2 amide bonds. The van der Waals surface area contributed by atoms with Gasteiger partial charge in [0.15, 0.2) is 0 Å². The predicted molar refractivity (Wildman–Crippen MR) is 147 cm³/mol. The molecule has 0 unspecified atom stereocenters. The minimum absolute atomic E-state index is 0.0139. The van der Waals surface area contributed by atoms with Gasteiger partial charge in [-0.25, -0.2) is 8.42 Å². The van der Waals surface area contributed by atoms with E-state index in [9.17, 15) is 31.2 Å². The van der Waals surface area contributed by atoms with Crippen molar-refractivity contribution in [3.8, 4) is 0 Å². The normalized spacial score (nSPS) is 12.6. The number of hydrogen-bond donors (Lipinski definition) is 1. The number of amides is 2. The molecule has 7 nitrogen and oxygen atoms in total. The third-order valence-electron chi connectivity index (χ3n) is 6.27. The van der Waals surface area contributed by atoms with Crippen LogP contribution >= 0.6 is 0 Å². The van der Waals surface area contributed by atoms with E-state index in [1.165, 1.54) is 42.2 Å². The number of sulfonamides is 1. The monoisotopic (exact) mass is 575 g/mol. The van der Waals surface area contributed by atoms with Gasteiger partial charge < -0.3 is 10.2 Å². The zero-order valence-electron chi connectivity index (χ0n) is 22.6. The maximum absolute atomic E-state index is 13.9. The molecule has 0 aliphatic rings. The van der Waals surface area contributed by atoms with Crippen molar-refractivity contribution in [2.24, 2.45) is 0 Å². The Labute approximate surface area is 232 Å². The fraction of sp³-hybridized carbons (Fsp3) is 0.310. The minimum Gasteiger partial charge on any atom is -0.352 e. The number of alkyl halides is 3. The van der Waals surface area contributed by atoms with E-state index in [0.29, 0.717) is 10.4 Å². The summed E-state index contributed by atoms with van der Waals surface area (Å²) >= 11 is 0. The van der Waals surface area contributed by atoms with Crippen LogP contribution in [0, 0.1) is 6.92 Å². The van der Waals surface area contributed by atoms with Crippen molar-refractivity contribution in [2.45, 2.75) is 57.4 Å². The van der Waals surface area contributed by atoms with Crippen molar-refractivity contribution >= 4 is 27.5 Å². The molecule has 3 aromatic rings. The lowest BCUT2D eigenvalue weighted by Crippen LogP contribution is -2.52. The number of rotatable bonds is 10. The Hall–Kier alpha value is -3.86. The Morgan fingerprint density at radius 2 is 1.52 bits per heavy atom. The quantitative estimate of drug-likeness (QED) is 0.362. The first-order valence-corrected chi connectivity index (χ1v) is 14.0. The summed E-state index contributed by atoms with van der Waals surface area (Å²) < 4.78 is 68.7. The number of hydrogen-bond acceptors (Lipinski definition) is 4. The molecular formula is C29H32F3N3O4S. The van der Waals surface area contributed by atoms with E-state index in [1.54, 1.807) is 32.0 Å². The van der Waals surface area contributed by atoms with Crippen molar-refractivity contribution in [1.29, 1.82) is 0 Å². The molecule has 214 valence electrons. The lowest BCUT2D eigenvalue weighted by Gasteiger charge is -2.32. The highest BCUT2D eigenvalue weighted by Crippen LogP contribution is 2.33. The fourth-order valence-electron chi connectivity index (χ4n) is 4.04. The highest BCUT2D eigenvalue weighted by atomic mass is 32.2. The third-order valence-corrected chi connectivity index (χ3v) is 8.06. The van der Waals surface area contributed by atoms with Gasteiger partial charge in [0.1, 0.15) is 12.6 Å². The average Bonchev–Trinajstić information content (AvgIpc) is 2.90. The number of carbonyl (C=O) groups excluding carboxylic acids is 2. The summed E-state index contributed by atoms with van der Waals surface area (Å²) in [5.41, 5.74) is 0.189. The Morgan fingerprint density at radius 3 is 2.12 bits per heavy atom. The molecule has 3 rings (SSSR count). The van der Waals surface area contributed by atoms with Gasteiger partial charge in [0.25, 0.3) is 10.0 Å². The van der Waals surface area contributed by atoms with E-state index >= 15 is 0 Å². The molecule has 0 aromatic heterocycles. The fourth-order valence-corrected chi connectivity index (χ4v) is 5.47. The van der Waals surface area contributed by atoms with Gasteiger partial charge in [-0.3, -0.25) is 13.9 Å². The second-order valence-electron chi connectivity index (χ2n) is 9.66. The molecule has 0 saturated heterocycles. The van der Waals surface area contributed by atoms with Crippen molar-refractivity contribution in [2.75, 3.05) is 10.8 Å². The molecule has 1 N–H and O–H groups in total. The first-order valence-electron chi connectivity index (χ1n) is 12.6. The molecule has 0 heterocycles. The van der Waals surface area contributed by atoms with Gasteiger partial charge in [-0.1, -0.05) is 48.5 Å². The van der Waals surface area contributed by atoms with Gasteiger partial charge in [0, 0.05) is 12.6 Å². The Bertz CT molecular complexity index is 1440. The van der Waals surface area contributed by atoms with E-state index < -0.39 is 46.2 Å². The molecule has 0 aliphatic heterocycles. The zero-order valence-corrected chi connectivity index (χ0v) is 23.5. The Balaban J connectivity index is 2.09. The molecular weight excluding hydrogens is 543 g/mol. The number of nitrogens with zero attached hydrogens (tertiary/aromatic N) is 2. The molecule has 0 radical (unpaired) electrons. The van der Waals surface area contributed by atoms with Crippen molar-refractivity contribution in [3.63, 3.8) is 0 Å². The number of nitrogens with one attached hydrogen (secondary N) is 1. The topological polar surface area (TPSA) is 86.8 Å². The van der Waals surface area contributed by atoms with Gasteiger partial charge in [-0.15, -0.1) is 0 Å². The summed E-state index contributed by atoms with van der Waals surface area (Å²) in [6.45, 7) is 6.05. The van der Waals surface area contributed by atoms with Crippen LogP contribution in [0.3, 0.4) is 0 Å². The molecule has 11 heteroatoms. The van der Waals surface area contributed by atoms with Crippen molar-refractivity contribution in [3.05, 3.63) is 95.6 Å². The number of benzene rings is 3. The van der Waals surface area contributed by atoms with Crippen LogP contribution in [0.4, 0.5) is 18.9 Å². The highest BCUT2D eigenvalue weighted by molar-refractivity contribution is 7.92. The van der Waals surface area contributed by atoms with Crippen LogP contribution in [0.25, 0.3) is 0 Å². The first kappa shape index (κ1) is 30.7. The largest absolute Gasteiger partial charge is 0.416 e. The SMILES string of the molecule is Cc1ccccc1CN(C(=O)CN(c1cccc(C(F)(F)F)c1)S(=O)(=O)c1ccccc1)[C@@H](C)C(=O)NC(C)C. The molecule has 0 saturated carbocycles. The summed E-state index contributed by atoms with van der Waals surface area (Å²) in [6, 6.07) is 16.9. The Kier molecular flexibility index (Phi) is 9.62. The number of carbonyl (C=O) groups is 2. The second kappa shape index (κ2) is 12.5. The summed E-state index contributed by atoms with van der Waals surface area (Å²) in [4.78, 5) is 27.8. The number of anilines is 1. The van der Waals surface area contributed by atoms with Gasteiger partial charge in [0.2, 0.25) is 11.8 Å². The van der Waals surface area contributed by atoms with Crippen LogP contribution in [0.2, 0.25) is 0 Å². The van der Waals surface area contributed by atoms with E-state index in [2.05, 4.69) is 5.32 Å². The lowest BCUT2D eigenvalue weighted by molar-refractivity contribution is -0.139. The molecule has 1 atom stereocenters. The van der Waals surface area contributed by atoms with Crippen molar-refractivity contribution < 1.29 is 31.2 Å². The second-order valence-corrected chi connectivity index (χ2v) is 11.5. The third kappa shape index (κ3) is 7.41. The van der Waals surface area contributed by atoms with Crippen molar-refractivity contribution in [1.82, 2.24) is 10.2 Å². The average molecular weight is 576 g/mol. The minimum atomic E-state index is -4.73. The maximum atomic E-state index is 13.9. The summed E-state index contributed by atoms with van der Waals surface area (Å²) in [5.74, 6) is -1.21. The molecule has 0 spiro atoms. The van der Waals surface area contributed by atoms with E-state index in [-0.39, 0.29) is 23.2 Å². The van der Waals surface area contributed by atoms with E-state index in [0.717, 1.165) is 23.3 Å². The van der Waals surface area contributed by atoms with Crippen LogP contribution in [0.15, 0.2) is 83.8 Å². The standard InChI is InChI=1S/C29H32F3N3O4S/c1-20(2)33-28(37)22(4)34(18-23-12-9-8-11-21(23)3)27(36)19-35(40(38,39)26-15-6-5-7-16-26)25-14-10-13-24(17-25)29(30,31)32/h5-17,20,22H,18-19H2,1-4H3,(H,33,37)/t22-/m0/s1. The number of halogens is 3.